The van der Waals surface area contributed by atoms with Gasteiger partial charge in [0.25, 0.3) is 5.79 Å². The van der Waals surface area contributed by atoms with Crippen molar-refractivity contribution in [1.29, 1.82) is 0 Å². The van der Waals surface area contributed by atoms with Gasteiger partial charge in [-0.2, -0.15) is 0 Å². The molecule has 0 saturated carbocycles. The third-order valence-electron chi connectivity index (χ3n) is 3.40. The zero-order valence-corrected chi connectivity index (χ0v) is 11.7. The van der Waals surface area contributed by atoms with Gasteiger partial charge in [-0.3, -0.25) is 4.79 Å². The average molecular weight is 280 g/mol. The first kappa shape index (κ1) is 13.7. The smallest absolute Gasteiger partial charge is 0.266 e. The van der Waals surface area contributed by atoms with Gasteiger partial charge in [0.2, 0.25) is 5.78 Å². The molecule has 0 bridgehead atoms. The standard InChI is InChI=1S/C18H16O3/c1-2-9-16-20-18(21-16,15-12-7-4-8-13-15)17(19)14-10-5-3-6-11-14/h2-13,16H,1H3/b9-2+. The molecule has 2 aromatic carbocycles. The average Bonchev–Trinajstić information content (AvgIpc) is 2.51. The highest BCUT2D eigenvalue weighted by atomic mass is 16.9. The molecule has 1 saturated heterocycles. The first-order valence-corrected chi connectivity index (χ1v) is 6.90. The maximum Gasteiger partial charge on any atom is 0.266 e. The molecule has 0 aromatic heterocycles. The van der Waals surface area contributed by atoms with E-state index in [1.807, 2.05) is 61.5 Å². The SMILES string of the molecule is C/C=C/C1OC(C(=O)c2ccccc2)(c2ccccc2)O1. The van der Waals surface area contributed by atoms with E-state index >= 15 is 0 Å². The van der Waals surface area contributed by atoms with Crippen molar-refractivity contribution in [2.75, 3.05) is 0 Å². The van der Waals surface area contributed by atoms with Crippen LogP contribution in [0, 0.1) is 0 Å². The molecule has 0 atom stereocenters. The van der Waals surface area contributed by atoms with Crippen molar-refractivity contribution in [2.45, 2.75) is 19.0 Å². The molecule has 3 nitrogen and oxygen atoms in total. The van der Waals surface area contributed by atoms with Gasteiger partial charge in [0.15, 0.2) is 6.29 Å². The number of benzene rings is 2. The van der Waals surface area contributed by atoms with Crippen molar-refractivity contribution in [3.05, 3.63) is 83.9 Å². The number of carbonyl (C=O) groups is 1. The molecule has 0 spiro atoms. The topological polar surface area (TPSA) is 35.5 Å². The number of Topliss-reactive ketones (excluding diaryl/α,β-unsaturated/α-hetero) is 1. The van der Waals surface area contributed by atoms with Gasteiger partial charge in [-0.05, 0) is 13.0 Å². The summed E-state index contributed by atoms with van der Waals surface area (Å²) >= 11 is 0. The summed E-state index contributed by atoms with van der Waals surface area (Å²) in [6, 6.07) is 18.4. The van der Waals surface area contributed by atoms with Crippen LogP contribution in [0.15, 0.2) is 72.8 Å². The first-order chi connectivity index (χ1) is 10.3. The van der Waals surface area contributed by atoms with Gasteiger partial charge in [0.1, 0.15) is 0 Å². The Morgan fingerprint density at radius 1 is 1.00 bits per heavy atom. The lowest BCUT2D eigenvalue weighted by atomic mass is 9.94. The van der Waals surface area contributed by atoms with Crippen LogP contribution in [-0.2, 0) is 15.3 Å². The maximum atomic E-state index is 12.8. The van der Waals surface area contributed by atoms with Crippen LogP contribution in [0.4, 0.5) is 0 Å². The molecule has 1 heterocycles. The van der Waals surface area contributed by atoms with Crippen LogP contribution in [0.1, 0.15) is 22.8 Å². The Bertz CT molecular complexity index is 641. The zero-order chi connectivity index (χ0) is 14.7. The molecule has 106 valence electrons. The number of ether oxygens (including phenoxy) is 2. The van der Waals surface area contributed by atoms with Crippen molar-refractivity contribution in [2.24, 2.45) is 0 Å². The van der Waals surface area contributed by atoms with E-state index in [2.05, 4.69) is 0 Å². The van der Waals surface area contributed by atoms with E-state index in [9.17, 15) is 4.79 Å². The second-order valence-electron chi connectivity index (χ2n) is 4.81. The number of carbonyl (C=O) groups excluding carboxylic acids is 1. The lowest BCUT2D eigenvalue weighted by Gasteiger charge is -2.45. The highest BCUT2D eigenvalue weighted by Crippen LogP contribution is 2.42. The van der Waals surface area contributed by atoms with E-state index in [4.69, 9.17) is 9.47 Å². The van der Waals surface area contributed by atoms with Crippen molar-refractivity contribution in [1.82, 2.24) is 0 Å². The van der Waals surface area contributed by atoms with Gasteiger partial charge in [-0.15, -0.1) is 0 Å². The van der Waals surface area contributed by atoms with Gasteiger partial charge in [-0.1, -0.05) is 66.7 Å². The van der Waals surface area contributed by atoms with Crippen LogP contribution in [-0.4, -0.2) is 12.1 Å². The van der Waals surface area contributed by atoms with Gasteiger partial charge in [0, 0.05) is 11.1 Å². The minimum absolute atomic E-state index is 0.185. The minimum atomic E-state index is -1.34. The molecule has 3 heteroatoms. The quantitative estimate of drug-likeness (QED) is 0.633. The zero-order valence-electron chi connectivity index (χ0n) is 11.7. The predicted octanol–water partition coefficient (Wildman–Crippen LogP) is 3.67. The summed E-state index contributed by atoms with van der Waals surface area (Å²) in [7, 11) is 0. The van der Waals surface area contributed by atoms with Crippen LogP contribution < -0.4 is 0 Å². The van der Waals surface area contributed by atoms with E-state index < -0.39 is 12.1 Å². The number of hydrogen-bond donors (Lipinski definition) is 0. The van der Waals surface area contributed by atoms with E-state index in [0.29, 0.717) is 11.1 Å². The fourth-order valence-electron chi connectivity index (χ4n) is 2.38. The van der Waals surface area contributed by atoms with Gasteiger partial charge < -0.3 is 9.47 Å². The molecule has 0 N–H and O–H groups in total. The second kappa shape index (κ2) is 5.64. The van der Waals surface area contributed by atoms with Crippen molar-refractivity contribution < 1.29 is 14.3 Å². The van der Waals surface area contributed by atoms with Crippen LogP contribution in [0.5, 0.6) is 0 Å². The van der Waals surface area contributed by atoms with E-state index in [1.54, 1.807) is 18.2 Å². The molecule has 0 unspecified atom stereocenters. The third kappa shape index (κ3) is 2.42. The summed E-state index contributed by atoms with van der Waals surface area (Å²) in [5, 5.41) is 0. The molecule has 0 aliphatic carbocycles. The molecule has 2 aromatic rings. The molecule has 21 heavy (non-hydrogen) atoms. The van der Waals surface area contributed by atoms with E-state index in [1.165, 1.54) is 0 Å². The summed E-state index contributed by atoms with van der Waals surface area (Å²) in [6.45, 7) is 1.88. The van der Waals surface area contributed by atoms with Crippen LogP contribution in [0.2, 0.25) is 0 Å². The number of allylic oxidation sites excluding steroid dienone is 1. The molecule has 3 rings (SSSR count). The largest absolute Gasteiger partial charge is 0.306 e. The Hall–Kier alpha value is -2.23. The molecule has 1 aliphatic heterocycles. The highest BCUT2D eigenvalue weighted by molar-refractivity contribution is 6.02. The first-order valence-electron chi connectivity index (χ1n) is 6.90. The Morgan fingerprint density at radius 2 is 1.57 bits per heavy atom. The Morgan fingerprint density at radius 3 is 2.14 bits per heavy atom. The molecule has 0 radical (unpaired) electrons. The van der Waals surface area contributed by atoms with Crippen LogP contribution >= 0.6 is 0 Å². The number of hydrogen-bond acceptors (Lipinski definition) is 3. The summed E-state index contributed by atoms with van der Waals surface area (Å²) in [6.07, 6.45) is 3.13. The van der Waals surface area contributed by atoms with Crippen molar-refractivity contribution in [3.63, 3.8) is 0 Å². The predicted molar refractivity (Wildman–Crippen MR) is 79.7 cm³/mol. The van der Waals surface area contributed by atoms with Crippen molar-refractivity contribution >= 4 is 5.78 Å². The Balaban J connectivity index is 1.97. The van der Waals surface area contributed by atoms with Gasteiger partial charge >= 0.3 is 0 Å². The molecule has 0 amide bonds. The van der Waals surface area contributed by atoms with Crippen molar-refractivity contribution in [3.8, 4) is 0 Å². The number of rotatable bonds is 4. The Kier molecular flexibility index (Phi) is 3.69. The summed E-state index contributed by atoms with van der Waals surface area (Å²) in [5.74, 6) is -1.53. The Labute approximate surface area is 123 Å². The summed E-state index contributed by atoms with van der Waals surface area (Å²) in [5.41, 5.74) is 1.28. The summed E-state index contributed by atoms with van der Waals surface area (Å²) in [4.78, 5) is 12.8. The fraction of sp³-hybridized carbons (Fsp3) is 0.167. The van der Waals surface area contributed by atoms with Gasteiger partial charge in [0.05, 0.1) is 0 Å². The highest BCUT2D eigenvalue weighted by Gasteiger charge is 2.54. The summed E-state index contributed by atoms with van der Waals surface area (Å²) < 4.78 is 11.6. The van der Waals surface area contributed by atoms with Crippen LogP contribution in [0.25, 0.3) is 0 Å². The van der Waals surface area contributed by atoms with Crippen LogP contribution in [0.3, 0.4) is 0 Å². The van der Waals surface area contributed by atoms with E-state index in [-0.39, 0.29) is 5.78 Å². The minimum Gasteiger partial charge on any atom is -0.306 e. The monoisotopic (exact) mass is 280 g/mol. The number of ketones is 1. The second-order valence-corrected chi connectivity index (χ2v) is 4.81. The lowest BCUT2D eigenvalue weighted by Crippen LogP contribution is -2.55. The molecule has 1 fully saturated rings. The van der Waals surface area contributed by atoms with Gasteiger partial charge in [-0.25, -0.2) is 0 Å². The normalized spacial score (nSPS) is 24.7. The lowest BCUT2D eigenvalue weighted by molar-refractivity contribution is -0.414. The third-order valence-corrected chi connectivity index (χ3v) is 3.40. The van der Waals surface area contributed by atoms with E-state index in [0.717, 1.165) is 0 Å². The molecule has 1 aliphatic rings. The molecular formula is C18H16O3. The maximum absolute atomic E-state index is 12.8. The fourth-order valence-corrected chi connectivity index (χ4v) is 2.38. The molecular weight excluding hydrogens is 264 g/mol.